The Bertz CT molecular complexity index is 505. The summed E-state index contributed by atoms with van der Waals surface area (Å²) >= 11 is 1.67. The maximum Gasteiger partial charge on any atom is 0.101 e. The Hall–Kier alpha value is -1.40. The van der Waals surface area contributed by atoms with E-state index in [2.05, 4.69) is 24.9 Å². The van der Waals surface area contributed by atoms with Gasteiger partial charge in [0.25, 0.3) is 0 Å². The summed E-state index contributed by atoms with van der Waals surface area (Å²) in [6.07, 6.45) is 0. The second-order valence-electron chi connectivity index (χ2n) is 3.47. The third kappa shape index (κ3) is 1.38. The number of hydrogen-bond acceptors (Lipinski definition) is 3. The van der Waals surface area contributed by atoms with E-state index in [1.165, 1.54) is 0 Å². The minimum absolute atomic E-state index is 0.430. The van der Waals surface area contributed by atoms with Crippen molar-refractivity contribution in [1.29, 1.82) is 5.26 Å². The maximum atomic E-state index is 8.90. The fourth-order valence-corrected chi connectivity index (χ4v) is 2.30. The van der Waals surface area contributed by atoms with Gasteiger partial charge in [0.2, 0.25) is 0 Å². The van der Waals surface area contributed by atoms with Gasteiger partial charge in [-0.05, 0) is 12.1 Å². The van der Waals surface area contributed by atoms with Crippen molar-refractivity contribution in [3.63, 3.8) is 0 Å². The minimum Gasteiger partial charge on any atom is -0.240 e. The van der Waals surface area contributed by atoms with Gasteiger partial charge in [-0.15, -0.1) is 11.3 Å². The number of hydrogen-bond donors (Lipinski definition) is 0. The van der Waals surface area contributed by atoms with E-state index < -0.39 is 0 Å². The van der Waals surface area contributed by atoms with Crippen LogP contribution in [0.3, 0.4) is 0 Å². The van der Waals surface area contributed by atoms with E-state index in [1.807, 2.05) is 18.2 Å². The Morgan fingerprint density at radius 3 is 2.86 bits per heavy atom. The fraction of sp³-hybridized carbons (Fsp3) is 0.273. The summed E-state index contributed by atoms with van der Waals surface area (Å²) < 4.78 is 1.10. The number of nitriles is 1. The molecule has 0 unspecified atom stereocenters. The average molecular weight is 202 g/mol. The SMILES string of the molecule is CC(C)c1nc2c(C#N)cccc2s1. The van der Waals surface area contributed by atoms with Crippen molar-refractivity contribution in [3.05, 3.63) is 28.8 Å². The molecule has 2 aromatic rings. The predicted octanol–water partition coefficient (Wildman–Crippen LogP) is 3.29. The Kier molecular flexibility index (Phi) is 2.22. The van der Waals surface area contributed by atoms with Crippen LogP contribution >= 0.6 is 11.3 Å². The van der Waals surface area contributed by atoms with E-state index in [1.54, 1.807) is 11.3 Å². The molecule has 0 saturated carbocycles. The van der Waals surface area contributed by atoms with Crippen LogP contribution in [0.15, 0.2) is 18.2 Å². The molecule has 0 radical (unpaired) electrons. The second-order valence-corrected chi connectivity index (χ2v) is 4.53. The van der Waals surface area contributed by atoms with Gasteiger partial charge in [-0.1, -0.05) is 19.9 Å². The van der Waals surface area contributed by atoms with Crippen LogP contribution < -0.4 is 0 Å². The highest BCUT2D eigenvalue weighted by Gasteiger charge is 2.09. The van der Waals surface area contributed by atoms with Crippen LogP contribution in [0.1, 0.15) is 30.3 Å². The molecule has 0 aliphatic carbocycles. The van der Waals surface area contributed by atoms with Crippen molar-refractivity contribution in [3.8, 4) is 6.07 Å². The zero-order valence-corrected chi connectivity index (χ0v) is 8.93. The molecule has 0 bridgehead atoms. The van der Waals surface area contributed by atoms with Crippen molar-refractivity contribution < 1.29 is 0 Å². The highest BCUT2D eigenvalue weighted by atomic mass is 32.1. The molecule has 0 aliphatic heterocycles. The summed E-state index contributed by atoms with van der Waals surface area (Å²) in [6.45, 7) is 4.23. The van der Waals surface area contributed by atoms with Gasteiger partial charge in [0.05, 0.1) is 20.8 Å². The van der Waals surface area contributed by atoms with Gasteiger partial charge >= 0.3 is 0 Å². The average Bonchev–Trinajstić information content (AvgIpc) is 2.60. The number of nitrogens with zero attached hydrogens (tertiary/aromatic N) is 2. The molecule has 0 spiro atoms. The summed E-state index contributed by atoms with van der Waals surface area (Å²) in [5.74, 6) is 0.430. The molecule has 0 fully saturated rings. The molecular weight excluding hydrogens is 192 g/mol. The molecule has 0 saturated heterocycles. The summed E-state index contributed by atoms with van der Waals surface area (Å²) in [6, 6.07) is 7.90. The van der Waals surface area contributed by atoms with Gasteiger partial charge < -0.3 is 0 Å². The van der Waals surface area contributed by atoms with E-state index in [0.717, 1.165) is 15.2 Å². The van der Waals surface area contributed by atoms with Gasteiger partial charge in [-0.2, -0.15) is 5.26 Å². The first kappa shape index (κ1) is 9.17. The Balaban J connectivity index is 2.72. The van der Waals surface area contributed by atoms with Crippen LogP contribution in [0.4, 0.5) is 0 Å². The van der Waals surface area contributed by atoms with E-state index >= 15 is 0 Å². The molecule has 0 aliphatic rings. The lowest BCUT2D eigenvalue weighted by Crippen LogP contribution is -1.84. The lowest BCUT2D eigenvalue weighted by Gasteiger charge is -1.94. The molecule has 2 nitrogen and oxygen atoms in total. The standard InChI is InChI=1S/C11H10N2S/c1-7(2)11-13-10-8(6-12)4-3-5-9(10)14-11/h3-5,7H,1-2H3. The van der Waals surface area contributed by atoms with Crippen LogP contribution in [0.25, 0.3) is 10.2 Å². The van der Waals surface area contributed by atoms with Crippen LogP contribution in [0, 0.1) is 11.3 Å². The van der Waals surface area contributed by atoms with Gasteiger partial charge in [0, 0.05) is 5.92 Å². The number of aromatic nitrogens is 1. The third-order valence-corrected chi connectivity index (χ3v) is 3.37. The molecule has 0 atom stereocenters. The predicted molar refractivity (Wildman–Crippen MR) is 58.4 cm³/mol. The summed E-state index contributed by atoms with van der Waals surface area (Å²) in [7, 11) is 0. The molecule has 1 heterocycles. The van der Waals surface area contributed by atoms with Crippen LogP contribution in [0.5, 0.6) is 0 Å². The molecule has 14 heavy (non-hydrogen) atoms. The molecule has 0 N–H and O–H groups in total. The zero-order chi connectivity index (χ0) is 10.1. The monoisotopic (exact) mass is 202 g/mol. The summed E-state index contributed by atoms with van der Waals surface area (Å²) in [4.78, 5) is 4.48. The highest BCUT2D eigenvalue weighted by Crippen LogP contribution is 2.28. The van der Waals surface area contributed by atoms with E-state index in [9.17, 15) is 0 Å². The molecule has 1 aromatic heterocycles. The number of benzene rings is 1. The molecular formula is C11H10N2S. The topological polar surface area (TPSA) is 36.7 Å². The summed E-state index contributed by atoms with van der Waals surface area (Å²) in [5, 5.41) is 10.00. The van der Waals surface area contributed by atoms with Crippen LogP contribution in [-0.4, -0.2) is 4.98 Å². The minimum atomic E-state index is 0.430. The van der Waals surface area contributed by atoms with Crippen molar-refractivity contribution >= 4 is 21.6 Å². The number of rotatable bonds is 1. The number of thiazole rings is 1. The lowest BCUT2D eigenvalue weighted by molar-refractivity contribution is 0.856. The first-order chi connectivity index (χ1) is 6.72. The summed E-state index contributed by atoms with van der Waals surface area (Å²) in [5.41, 5.74) is 1.52. The normalized spacial score (nSPS) is 10.7. The Morgan fingerprint density at radius 1 is 1.43 bits per heavy atom. The van der Waals surface area contributed by atoms with E-state index in [4.69, 9.17) is 5.26 Å². The molecule has 70 valence electrons. The fourth-order valence-electron chi connectivity index (χ4n) is 1.30. The molecule has 0 amide bonds. The van der Waals surface area contributed by atoms with Crippen molar-refractivity contribution in [2.24, 2.45) is 0 Å². The highest BCUT2D eigenvalue weighted by molar-refractivity contribution is 7.18. The zero-order valence-electron chi connectivity index (χ0n) is 8.11. The first-order valence-corrected chi connectivity index (χ1v) is 5.33. The van der Waals surface area contributed by atoms with Crippen LogP contribution in [-0.2, 0) is 0 Å². The Morgan fingerprint density at radius 2 is 2.21 bits per heavy atom. The van der Waals surface area contributed by atoms with Gasteiger partial charge in [0.1, 0.15) is 6.07 Å². The van der Waals surface area contributed by atoms with E-state index in [0.29, 0.717) is 11.5 Å². The quantitative estimate of drug-likeness (QED) is 0.711. The number of fused-ring (bicyclic) bond motifs is 1. The smallest absolute Gasteiger partial charge is 0.101 e. The van der Waals surface area contributed by atoms with Gasteiger partial charge in [0.15, 0.2) is 0 Å². The van der Waals surface area contributed by atoms with Crippen LogP contribution in [0.2, 0.25) is 0 Å². The molecule has 3 heteroatoms. The number of para-hydroxylation sites is 1. The second kappa shape index (κ2) is 3.39. The largest absolute Gasteiger partial charge is 0.240 e. The molecule has 2 rings (SSSR count). The van der Waals surface area contributed by atoms with Crippen molar-refractivity contribution in [2.45, 2.75) is 19.8 Å². The Labute approximate surface area is 86.8 Å². The first-order valence-electron chi connectivity index (χ1n) is 4.52. The van der Waals surface area contributed by atoms with Crippen molar-refractivity contribution in [2.75, 3.05) is 0 Å². The van der Waals surface area contributed by atoms with E-state index in [-0.39, 0.29) is 0 Å². The van der Waals surface area contributed by atoms with Gasteiger partial charge in [-0.25, -0.2) is 4.98 Å². The maximum absolute atomic E-state index is 8.90. The third-order valence-electron chi connectivity index (χ3n) is 2.05. The molecule has 1 aromatic carbocycles. The lowest BCUT2D eigenvalue weighted by atomic mass is 10.2. The van der Waals surface area contributed by atoms with Gasteiger partial charge in [-0.3, -0.25) is 0 Å². The van der Waals surface area contributed by atoms with Crippen molar-refractivity contribution in [1.82, 2.24) is 4.98 Å².